The molecule has 2 N–H and O–H groups in total. The van der Waals surface area contributed by atoms with Gasteiger partial charge in [0.2, 0.25) is 5.91 Å². The van der Waals surface area contributed by atoms with Crippen molar-refractivity contribution in [2.75, 3.05) is 26.2 Å². The molecule has 1 heterocycles. The first-order chi connectivity index (χ1) is 10.1. The number of nitrogens with one attached hydrogen (secondary N) is 1. The molecule has 0 spiro atoms. The summed E-state index contributed by atoms with van der Waals surface area (Å²) in [5, 5.41) is 11.6. The van der Waals surface area contributed by atoms with Crippen molar-refractivity contribution in [3.63, 3.8) is 0 Å². The van der Waals surface area contributed by atoms with Crippen molar-refractivity contribution < 1.29 is 19.1 Å². The number of hydrogen-bond acceptors (Lipinski definition) is 3. The fraction of sp³-hybridized carbons (Fsp3) is 0.467. The van der Waals surface area contributed by atoms with E-state index in [9.17, 15) is 14.0 Å². The average molecular weight is 294 g/mol. The van der Waals surface area contributed by atoms with Gasteiger partial charge >= 0.3 is 0 Å². The molecule has 5 nitrogen and oxygen atoms in total. The van der Waals surface area contributed by atoms with Crippen LogP contribution in [0.15, 0.2) is 24.3 Å². The van der Waals surface area contributed by atoms with E-state index in [2.05, 4.69) is 5.32 Å². The van der Waals surface area contributed by atoms with E-state index in [-0.39, 0.29) is 30.5 Å². The first-order valence-electron chi connectivity index (χ1n) is 7.03. The van der Waals surface area contributed by atoms with Crippen molar-refractivity contribution in [3.05, 3.63) is 35.6 Å². The maximum absolute atomic E-state index is 13.4. The molecular weight excluding hydrogens is 275 g/mol. The Morgan fingerprint density at radius 1 is 1.38 bits per heavy atom. The molecule has 0 saturated carbocycles. The smallest absolute Gasteiger partial charge is 0.254 e. The molecule has 1 atom stereocenters. The van der Waals surface area contributed by atoms with Crippen LogP contribution >= 0.6 is 0 Å². The van der Waals surface area contributed by atoms with Crippen LogP contribution in [0.4, 0.5) is 4.39 Å². The van der Waals surface area contributed by atoms with Crippen LogP contribution < -0.4 is 5.32 Å². The summed E-state index contributed by atoms with van der Waals surface area (Å²) in [6, 6.07) is 5.64. The zero-order valence-electron chi connectivity index (χ0n) is 11.7. The molecular formula is C15H19FN2O3. The number of aliphatic hydroxyl groups is 1. The monoisotopic (exact) mass is 294 g/mol. The number of piperidine rings is 1. The topological polar surface area (TPSA) is 69.6 Å². The lowest BCUT2D eigenvalue weighted by molar-refractivity contribution is -0.132. The standard InChI is InChI=1S/C15H19FN2O3/c16-13-6-2-1-5-12(13)15(21)17-8-14(20)18-7-3-4-11(9-18)10-19/h1-2,5-6,11,19H,3-4,7-10H2,(H,17,21). The van der Waals surface area contributed by atoms with Gasteiger partial charge in [-0.25, -0.2) is 4.39 Å². The number of carbonyl (C=O) groups is 2. The first kappa shape index (κ1) is 15.4. The van der Waals surface area contributed by atoms with Crippen molar-refractivity contribution in [2.45, 2.75) is 12.8 Å². The number of hydrogen-bond donors (Lipinski definition) is 2. The van der Waals surface area contributed by atoms with Crippen molar-refractivity contribution in [1.82, 2.24) is 10.2 Å². The Bertz CT molecular complexity index is 521. The van der Waals surface area contributed by atoms with E-state index in [4.69, 9.17) is 5.11 Å². The normalized spacial score (nSPS) is 18.4. The van der Waals surface area contributed by atoms with Crippen molar-refractivity contribution in [2.24, 2.45) is 5.92 Å². The van der Waals surface area contributed by atoms with E-state index in [0.29, 0.717) is 13.1 Å². The molecule has 1 aromatic carbocycles. The summed E-state index contributed by atoms with van der Waals surface area (Å²) in [5.41, 5.74) is -0.0721. The lowest BCUT2D eigenvalue weighted by atomic mass is 9.99. The van der Waals surface area contributed by atoms with Gasteiger partial charge in [0.15, 0.2) is 0 Å². The second kappa shape index (κ2) is 7.17. The van der Waals surface area contributed by atoms with Gasteiger partial charge < -0.3 is 15.3 Å². The molecule has 1 aromatic rings. The zero-order valence-corrected chi connectivity index (χ0v) is 11.7. The van der Waals surface area contributed by atoms with Gasteiger partial charge in [-0.05, 0) is 30.9 Å². The molecule has 1 saturated heterocycles. The Morgan fingerprint density at radius 2 is 2.14 bits per heavy atom. The van der Waals surface area contributed by atoms with Crippen molar-refractivity contribution in [1.29, 1.82) is 0 Å². The number of aliphatic hydroxyl groups excluding tert-OH is 1. The van der Waals surface area contributed by atoms with Gasteiger partial charge in [-0.3, -0.25) is 9.59 Å². The second-order valence-corrected chi connectivity index (χ2v) is 5.19. The van der Waals surface area contributed by atoms with E-state index < -0.39 is 11.7 Å². The van der Waals surface area contributed by atoms with Crippen LogP contribution in [-0.2, 0) is 4.79 Å². The van der Waals surface area contributed by atoms with E-state index in [1.807, 2.05) is 0 Å². The molecule has 1 aliphatic rings. The van der Waals surface area contributed by atoms with Crippen LogP contribution in [0.25, 0.3) is 0 Å². The first-order valence-corrected chi connectivity index (χ1v) is 7.03. The van der Waals surface area contributed by atoms with Gasteiger partial charge in [-0.15, -0.1) is 0 Å². The molecule has 2 rings (SSSR count). The third-order valence-corrected chi connectivity index (χ3v) is 3.65. The zero-order chi connectivity index (χ0) is 15.2. The summed E-state index contributed by atoms with van der Waals surface area (Å²) in [6.45, 7) is 1.03. The van der Waals surface area contributed by atoms with Crippen LogP contribution in [0.5, 0.6) is 0 Å². The summed E-state index contributed by atoms with van der Waals surface area (Å²) in [7, 11) is 0. The average Bonchev–Trinajstić information content (AvgIpc) is 2.52. The van der Waals surface area contributed by atoms with Crippen LogP contribution in [0.2, 0.25) is 0 Å². The maximum Gasteiger partial charge on any atom is 0.254 e. The molecule has 0 bridgehead atoms. The number of carbonyl (C=O) groups excluding carboxylic acids is 2. The van der Waals surface area contributed by atoms with Gasteiger partial charge in [0.1, 0.15) is 5.82 Å². The number of amides is 2. The summed E-state index contributed by atoms with van der Waals surface area (Å²) < 4.78 is 13.4. The molecule has 1 unspecified atom stereocenters. The van der Waals surface area contributed by atoms with E-state index >= 15 is 0 Å². The molecule has 114 valence electrons. The molecule has 1 aliphatic heterocycles. The molecule has 21 heavy (non-hydrogen) atoms. The van der Waals surface area contributed by atoms with Gasteiger partial charge in [-0.2, -0.15) is 0 Å². The van der Waals surface area contributed by atoms with Gasteiger partial charge in [0, 0.05) is 19.7 Å². The van der Waals surface area contributed by atoms with Gasteiger partial charge in [-0.1, -0.05) is 12.1 Å². The van der Waals surface area contributed by atoms with Crippen molar-refractivity contribution >= 4 is 11.8 Å². The summed E-state index contributed by atoms with van der Waals surface area (Å²) in [4.78, 5) is 25.5. The Hall–Kier alpha value is -1.95. The van der Waals surface area contributed by atoms with Gasteiger partial charge in [0.25, 0.3) is 5.91 Å². The molecule has 2 amide bonds. The number of rotatable bonds is 4. The molecule has 6 heteroatoms. The van der Waals surface area contributed by atoms with Crippen LogP contribution in [0.3, 0.4) is 0 Å². The highest BCUT2D eigenvalue weighted by molar-refractivity contribution is 5.96. The lowest BCUT2D eigenvalue weighted by Crippen LogP contribution is -2.45. The third kappa shape index (κ3) is 4.01. The van der Waals surface area contributed by atoms with Crippen LogP contribution in [-0.4, -0.2) is 48.1 Å². The Labute approximate surface area is 122 Å². The Kier molecular flexibility index (Phi) is 5.27. The highest BCUT2D eigenvalue weighted by atomic mass is 19.1. The fourth-order valence-corrected chi connectivity index (χ4v) is 2.45. The number of halogens is 1. The van der Waals surface area contributed by atoms with E-state index in [1.54, 1.807) is 11.0 Å². The number of nitrogens with zero attached hydrogens (tertiary/aromatic N) is 1. The largest absolute Gasteiger partial charge is 0.396 e. The minimum atomic E-state index is -0.610. The Balaban J connectivity index is 1.86. The minimum Gasteiger partial charge on any atom is -0.396 e. The predicted molar refractivity (Wildman–Crippen MR) is 75.1 cm³/mol. The van der Waals surface area contributed by atoms with Crippen LogP contribution in [0.1, 0.15) is 23.2 Å². The SMILES string of the molecule is O=C(NCC(=O)N1CCCC(CO)C1)c1ccccc1F. The maximum atomic E-state index is 13.4. The molecule has 0 radical (unpaired) electrons. The molecule has 1 fully saturated rings. The van der Waals surface area contributed by atoms with Crippen molar-refractivity contribution in [3.8, 4) is 0 Å². The summed E-state index contributed by atoms with van der Waals surface area (Å²) in [6.07, 6.45) is 1.75. The highest BCUT2D eigenvalue weighted by Gasteiger charge is 2.23. The number of benzene rings is 1. The van der Waals surface area contributed by atoms with Crippen LogP contribution in [0, 0.1) is 11.7 Å². The highest BCUT2D eigenvalue weighted by Crippen LogP contribution is 2.15. The fourth-order valence-electron chi connectivity index (χ4n) is 2.45. The minimum absolute atomic E-state index is 0.0609. The lowest BCUT2D eigenvalue weighted by Gasteiger charge is -2.31. The summed E-state index contributed by atoms with van der Waals surface area (Å²) in [5.74, 6) is -1.32. The third-order valence-electron chi connectivity index (χ3n) is 3.65. The van der Waals surface area contributed by atoms with Gasteiger partial charge in [0.05, 0.1) is 12.1 Å². The second-order valence-electron chi connectivity index (χ2n) is 5.19. The molecule has 0 aliphatic carbocycles. The predicted octanol–water partition coefficient (Wildman–Crippen LogP) is 0.786. The Morgan fingerprint density at radius 3 is 2.86 bits per heavy atom. The molecule has 0 aromatic heterocycles. The number of likely N-dealkylation sites (tertiary alicyclic amines) is 1. The van der Waals surface area contributed by atoms with E-state index in [1.165, 1.54) is 18.2 Å². The summed E-state index contributed by atoms with van der Waals surface area (Å²) >= 11 is 0. The quantitative estimate of drug-likeness (QED) is 0.862. The van der Waals surface area contributed by atoms with E-state index in [0.717, 1.165) is 12.8 Å².